The van der Waals surface area contributed by atoms with Gasteiger partial charge in [-0.3, -0.25) is 0 Å². The first-order chi connectivity index (χ1) is 8.86. The standard InChI is InChI=1S/C13H29N3O2S/c1-5-14-8-12(4)19(17,18)15-9-13-6-7-16(10-13)11(2)3/h11-15H,5-10H2,1-4H3. The molecule has 2 unspecified atom stereocenters. The average molecular weight is 291 g/mol. The lowest BCUT2D eigenvalue weighted by Gasteiger charge is -2.20. The molecule has 0 aliphatic carbocycles. The molecule has 0 radical (unpaired) electrons. The molecule has 0 aromatic rings. The quantitative estimate of drug-likeness (QED) is 0.689. The van der Waals surface area contributed by atoms with Crippen molar-refractivity contribution in [1.29, 1.82) is 0 Å². The van der Waals surface area contributed by atoms with Gasteiger partial charge in [-0.2, -0.15) is 0 Å². The Balaban J connectivity index is 2.35. The molecule has 19 heavy (non-hydrogen) atoms. The number of nitrogens with one attached hydrogen (secondary N) is 2. The molecule has 0 aromatic carbocycles. The first-order valence-electron chi connectivity index (χ1n) is 7.30. The average Bonchev–Trinajstić information content (AvgIpc) is 2.82. The zero-order chi connectivity index (χ0) is 14.5. The smallest absolute Gasteiger partial charge is 0.215 e. The molecule has 0 saturated carbocycles. The van der Waals surface area contributed by atoms with Crippen LogP contribution in [-0.2, 0) is 10.0 Å². The van der Waals surface area contributed by atoms with Crippen molar-refractivity contribution >= 4 is 10.0 Å². The molecule has 114 valence electrons. The predicted molar refractivity (Wildman–Crippen MR) is 79.7 cm³/mol. The van der Waals surface area contributed by atoms with Crippen LogP contribution in [0.3, 0.4) is 0 Å². The van der Waals surface area contributed by atoms with E-state index in [4.69, 9.17) is 0 Å². The summed E-state index contributed by atoms with van der Waals surface area (Å²) >= 11 is 0. The second-order valence-electron chi connectivity index (χ2n) is 5.76. The minimum atomic E-state index is -3.19. The van der Waals surface area contributed by atoms with Crippen molar-refractivity contribution in [2.45, 2.75) is 45.4 Å². The largest absolute Gasteiger partial charge is 0.316 e. The van der Waals surface area contributed by atoms with Crippen LogP contribution in [0.1, 0.15) is 34.1 Å². The molecular formula is C13H29N3O2S. The highest BCUT2D eigenvalue weighted by Gasteiger charge is 2.26. The van der Waals surface area contributed by atoms with E-state index in [0.717, 1.165) is 26.1 Å². The molecule has 1 aliphatic rings. The van der Waals surface area contributed by atoms with E-state index < -0.39 is 10.0 Å². The Hall–Kier alpha value is -0.170. The van der Waals surface area contributed by atoms with Gasteiger partial charge in [-0.1, -0.05) is 6.92 Å². The number of sulfonamides is 1. The highest BCUT2D eigenvalue weighted by atomic mass is 32.2. The summed E-state index contributed by atoms with van der Waals surface area (Å²) in [4.78, 5) is 2.40. The molecule has 1 heterocycles. The van der Waals surface area contributed by atoms with Gasteiger partial charge in [0.05, 0.1) is 5.25 Å². The van der Waals surface area contributed by atoms with Gasteiger partial charge in [0.1, 0.15) is 0 Å². The fraction of sp³-hybridized carbons (Fsp3) is 1.00. The Kier molecular flexibility index (Phi) is 6.73. The minimum absolute atomic E-state index is 0.380. The Morgan fingerprint density at radius 1 is 1.32 bits per heavy atom. The topological polar surface area (TPSA) is 61.4 Å². The molecule has 0 aromatic heterocycles. The minimum Gasteiger partial charge on any atom is -0.316 e. The summed E-state index contributed by atoms with van der Waals surface area (Å²) < 4.78 is 26.9. The maximum absolute atomic E-state index is 12.0. The number of hydrogen-bond donors (Lipinski definition) is 2. The maximum atomic E-state index is 12.0. The zero-order valence-electron chi connectivity index (χ0n) is 12.6. The molecule has 2 N–H and O–H groups in total. The third-order valence-corrected chi connectivity index (χ3v) is 5.63. The summed E-state index contributed by atoms with van der Waals surface area (Å²) in [6.45, 7) is 12.1. The van der Waals surface area contributed by atoms with Gasteiger partial charge >= 0.3 is 0 Å². The van der Waals surface area contributed by atoms with Crippen LogP contribution in [0.15, 0.2) is 0 Å². The molecule has 2 atom stereocenters. The Labute approximate surface area is 118 Å². The van der Waals surface area contributed by atoms with E-state index in [0.29, 0.717) is 25.0 Å². The van der Waals surface area contributed by atoms with Crippen molar-refractivity contribution in [1.82, 2.24) is 14.9 Å². The number of nitrogens with zero attached hydrogens (tertiary/aromatic N) is 1. The van der Waals surface area contributed by atoms with Crippen molar-refractivity contribution in [3.63, 3.8) is 0 Å². The van der Waals surface area contributed by atoms with E-state index in [2.05, 4.69) is 28.8 Å². The lowest BCUT2D eigenvalue weighted by Crippen LogP contribution is -2.41. The van der Waals surface area contributed by atoms with Gasteiger partial charge in [-0.15, -0.1) is 0 Å². The molecule has 1 saturated heterocycles. The summed E-state index contributed by atoms with van der Waals surface area (Å²) in [5, 5.41) is 2.70. The van der Waals surface area contributed by atoms with E-state index in [1.54, 1.807) is 6.92 Å². The van der Waals surface area contributed by atoms with Gasteiger partial charge < -0.3 is 10.2 Å². The summed E-state index contributed by atoms with van der Waals surface area (Å²) in [5.74, 6) is 0.448. The van der Waals surface area contributed by atoms with E-state index in [9.17, 15) is 8.42 Å². The molecule has 0 bridgehead atoms. The van der Waals surface area contributed by atoms with E-state index in [-0.39, 0.29) is 5.25 Å². The van der Waals surface area contributed by atoms with Gasteiger partial charge in [0.25, 0.3) is 0 Å². The van der Waals surface area contributed by atoms with Crippen LogP contribution in [0.5, 0.6) is 0 Å². The molecule has 1 rings (SSSR count). The zero-order valence-corrected chi connectivity index (χ0v) is 13.5. The lowest BCUT2D eigenvalue weighted by atomic mass is 10.1. The monoisotopic (exact) mass is 291 g/mol. The first-order valence-corrected chi connectivity index (χ1v) is 8.84. The summed E-state index contributed by atoms with van der Waals surface area (Å²) in [6.07, 6.45) is 1.09. The number of hydrogen-bond acceptors (Lipinski definition) is 4. The van der Waals surface area contributed by atoms with Gasteiger partial charge in [0, 0.05) is 25.7 Å². The van der Waals surface area contributed by atoms with Crippen molar-refractivity contribution in [3.8, 4) is 0 Å². The maximum Gasteiger partial charge on any atom is 0.215 e. The molecule has 1 fully saturated rings. The molecule has 5 nitrogen and oxygen atoms in total. The van der Waals surface area contributed by atoms with Crippen LogP contribution >= 0.6 is 0 Å². The van der Waals surface area contributed by atoms with Crippen LogP contribution in [0.4, 0.5) is 0 Å². The number of rotatable bonds is 8. The molecule has 0 amide bonds. The third-order valence-electron chi connectivity index (χ3n) is 3.83. The fourth-order valence-corrected chi connectivity index (χ4v) is 3.42. The van der Waals surface area contributed by atoms with Crippen molar-refractivity contribution in [2.24, 2.45) is 5.92 Å². The fourth-order valence-electron chi connectivity index (χ4n) is 2.33. The lowest BCUT2D eigenvalue weighted by molar-refractivity contribution is 0.265. The van der Waals surface area contributed by atoms with E-state index in [1.165, 1.54) is 0 Å². The van der Waals surface area contributed by atoms with Crippen LogP contribution in [0, 0.1) is 5.92 Å². The SMILES string of the molecule is CCNCC(C)S(=O)(=O)NCC1CCN(C(C)C)C1. The van der Waals surface area contributed by atoms with Gasteiger partial charge in [0.2, 0.25) is 10.0 Å². The van der Waals surface area contributed by atoms with Gasteiger partial charge in [-0.05, 0) is 46.2 Å². The van der Waals surface area contributed by atoms with Crippen LogP contribution in [0.2, 0.25) is 0 Å². The van der Waals surface area contributed by atoms with E-state index >= 15 is 0 Å². The van der Waals surface area contributed by atoms with Gasteiger partial charge in [-0.25, -0.2) is 13.1 Å². The summed E-state index contributed by atoms with van der Waals surface area (Å²) in [5.41, 5.74) is 0. The normalized spacial score (nSPS) is 23.1. The van der Waals surface area contributed by atoms with Gasteiger partial charge in [0.15, 0.2) is 0 Å². The Morgan fingerprint density at radius 3 is 2.53 bits per heavy atom. The highest BCUT2D eigenvalue weighted by Crippen LogP contribution is 2.18. The Morgan fingerprint density at radius 2 is 2.00 bits per heavy atom. The number of likely N-dealkylation sites (tertiary alicyclic amines) is 1. The highest BCUT2D eigenvalue weighted by molar-refractivity contribution is 7.90. The van der Waals surface area contributed by atoms with E-state index in [1.807, 2.05) is 6.92 Å². The van der Waals surface area contributed by atoms with Crippen LogP contribution in [-0.4, -0.2) is 57.3 Å². The molecular weight excluding hydrogens is 262 g/mol. The Bertz CT molecular complexity index is 357. The van der Waals surface area contributed by atoms with Crippen molar-refractivity contribution < 1.29 is 8.42 Å². The molecule has 0 spiro atoms. The van der Waals surface area contributed by atoms with Crippen LogP contribution in [0.25, 0.3) is 0 Å². The molecule has 6 heteroatoms. The summed E-state index contributed by atoms with van der Waals surface area (Å²) in [7, 11) is -3.19. The summed E-state index contributed by atoms with van der Waals surface area (Å²) in [6, 6.07) is 0.550. The van der Waals surface area contributed by atoms with Crippen molar-refractivity contribution in [2.75, 3.05) is 32.7 Å². The predicted octanol–water partition coefficient (Wildman–Crippen LogP) is 0.634. The molecule has 1 aliphatic heterocycles. The van der Waals surface area contributed by atoms with Crippen LogP contribution < -0.4 is 10.0 Å². The second-order valence-corrected chi connectivity index (χ2v) is 7.94. The third kappa shape index (κ3) is 5.38. The first kappa shape index (κ1) is 16.9. The van der Waals surface area contributed by atoms with Crippen molar-refractivity contribution in [3.05, 3.63) is 0 Å². The second kappa shape index (κ2) is 7.57.